The number of anilines is 3. The minimum absolute atomic E-state index is 0.655. The van der Waals surface area contributed by atoms with Crippen LogP contribution in [0.3, 0.4) is 0 Å². The van der Waals surface area contributed by atoms with Crippen molar-refractivity contribution in [2.24, 2.45) is 0 Å². The number of fused-ring (bicyclic) bond motifs is 1. The Hall–Kier alpha value is -2.66. The summed E-state index contributed by atoms with van der Waals surface area (Å²) in [7, 11) is 2.17. The summed E-state index contributed by atoms with van der Waals surface area (Å²) >= 11 is 0. The van der Waals surface area contributed by atoms with E-state index in [0.717, 1.165) is 55.0 Å². The second-order valence-corrected chi connectivity index (χ2v) is 6.85. The van der Waals surface area contributed by atoms with E-state index in [1.54, 1.807) is 0 Å². The van der Waals surface area contributed by atoms with Gasteiger partial charge in [-0.1, -0.05) is 31.2 Å². The lowest BCUT2D eigenvalue weighted by molar-refractivity contribution is 0.312. The number of para-hydroxylation sites is 1. The summed E-state index contributed by atoms with van der Waals surface area (Å²) in [6.07, 6.45) is 1.04. The molecule has 2 heterocycles. The van der Waals surface area contributed by atoms with E-state index in [1.807, 2.05) is 6.07 Å². The highest BCUT2D eigenvalue weighted by Crippen LogP contribution is 2.27. The fourth-order valence-corrected chi connectivity index (χ4v) is 3.33. The minimum atomic E-state index is 0.655. The van der Waals surface area contributed by atoms with E-state index < -0.39 is 0 Å². The maximum Gasteiger partial charge on any atom is 0.229 e. The number of nitrogens with zero attached hydrogens (tertiary/aromatic N) is 4. The molecule has 0 amide bonds. The first kappa shape index (κ1) is 16.8. The zero-order chi connectivity index (χ0) is 17.9. The van der Waals surface area contributed by atoms with Gasteiger partial charge in [0.15, 0.2) is 0 Å². The summed E-state index contributed by atoms with van der Waals surface area (Å²) in [4.78, 5) is 14.3. The van der Waals surface area contributed by atoms with Crippen molar-refractivity contribution in [3.63, 3.8) is 0 Å². The van der Waals surface area contributed by atoms with Gasteiger partial charge in [-0.15, -0.1) is 0 Å². The highest BCUT2D eigenvalue weighted by molar-refractivity contribution is 5.90. The summed E-state index contributed by atoms with van der Waals surface area (Å²) in [6, 6.07) is 16.7. The maximum absolute atomic E-state index is 4.87. The molecule has 5 heteroatoms. The molecule has 134 valence electrons. The van der Waals surface area contributed by atoms with E-state index in [2.05, 4.69) is 71.6 Å². The molecule has 0 saturated carbocycles. The molecular weight excluding hydrogens is 322 g/mol. The lowest BCUT2D eigenvalue weighted by atomic mass is 10.1. The van der Waals surface area contributed by atoms with Gasteiger partial charge in [0.1, 0.15) is 5.82 Å². The van der Waals surface area contributed by atoms with Crippen LogP contribution in [0, 0.1) is 0 Å². The van der Waals surface area contributed by atoms with Crippen molar-refractivity contribution in [3.05, 3.63) is 54.1 Å². The Labute approximate surface area is 154 Å². The predicted octanol–water partition coefficient (Wildman–Crippen LogP) is 3.69. The number of likely N-dealkylation sites (N-methyl/N-ethyl adjacent to an activating group) is 1. The van der Waals surface area contributed by atoms with Crippen LogP contribution in [0.1, 0.15) is 12.5 Å². The molecule has 1 aromatic heterocycles. The van der Waals surface area contributed by atoms with E-state index in [0.29, 0.717) is 5.95 Å². The first-order valence-electron chi connectivity index (χ1n) is 9.29. The minimum Gasteiger partial charge on any atom is -0.353 e. The van der Waals surface area contributed by atoms with E-state index in [9.17, 15) is 0 Å². The third-order valence-electron chi connectivity index (χ3n) is 5.00. The summed E-state index contributed by atoms with van der Waals surface area (Å²) in [5, 5.41) is 4.49. The summed E-state index contributed by atoms with van der Waals surface area (Å²) in [6.45, 7) is 6.25. The zero-order valence-corrected chi connectivity index (χ0v) is 15.4. The molecule has 1 saturated heterocycles. The van der Waals surface area contributed by atoms with Crippen LogP contribution < -0.4 is 10.2 Å². The fourth-order valence-electron chi connectivity index (χ4n) is 3.33. The first-order chi connectivity index (χ1) is 12.7. The molecule has 1 fully saturated rings. The molecule has 5 nitrogen and oxygen atoms in total. The molecule has 0 unspecified atom stereocenters. The van der Waals surface area contributed by atoms with Gasteiger partial charge in [0, 0.05) is 37.3 Å². The van der Waals surface area contributed by atoms with Crippen LogP contribution in [0.2, 0.25) is 0 Å². The van der Waals surface area contributed by atoms with Crippen molar-refractivity contribution in [3.8, 4) is 0 Å². The third-order valence-corrected chi connectivity index (χ3v) is 5.00. The Balaban J connectivity index is 1.68. The van der Waals surface area contributed by atoms with Crippen molar-refractivity contribution >= 4 is 28.4 Å². The molecule has 0 radical (unpaired) electrons. The largest absolute Gasteiger partial charge is 0.353 e. The molecule has 1 aliphatic heterocycles. The Kier molecular flexibility index (Phi) is 4.71. The molecule has 2 aromatic carbocycles. The highest BCUT2D eigenvalue weighted by Gasteiger charge is 2.19. The summed E-state index contributed by atoms with van der Waals surface area (Å²) < 4.78 is 0. The van der Waals surface area contributed by atoms with Gasteiger partial charge >= 0.3 is 0 Å². The lowest BCUT2D eigenvalue weighted by Crippen LogP contribution is -2.45. The monoisotopic (exact) mass is 347 g/mol. The molecule has 3 aromatic rings. The van der Waals surface area contributed by atoms with Gasteiger partial charge in [-0.2, -0.15) is 4.98 Å². The molecule has 0 aliphatic carbocycles. The number of piperazine rings is 1. The van der Waals surface area contributed by atoms with Gasteiger partial charge < -0.3 is 15.1 Å². The summed E-state index contributed by atoms with van der Waals surface area (Å²) in [5.74, 6) is 1.68. The van der Waals surface area contributed by atoms with Gasteiger partial charge in [-0.05, 0) is 43.3 Å². The number of aromatic nitrogens is 2. The Morgan fingerprint density at radius 2 is 1.65 bits per heavy atom. The van der Waals surface area contributed by atoms with E-state index in [4.69, 9.17) is 9.97 Å². The Bertz CT molecular complexity index is 883. The SMILES string of the molecule is CCc1ccc(Nc2nc(N3CCN(C)CC3)c3ccccc3n2)cc1. The molecule has 0 spiro atoms. The van der Waals surface area contributed by atoms with Crippen molar-refractivity contribution in [2.45, 2.75) is 13.3 Å². The smallest absolute Gasteiger partial charge is 0.229 e. The number of hydrogen-bond donors (Lipinski definition) is 1. The van der Waals surface area contributed by atoms with Crippen molar-refractivity contribution in [1.29, 1.82) is 0 Å². The second kappa shape index (κ2) is 7.30. The molecule has 1 N–H and O–H groups in total. The summed E-state index contributed by atoms with van der Waals surface area (Å²) in [5.41, 5.74) is 3.32. The zero-order valence-electron chi connectivity index (χ0n) is 15.4. The number of aryl methyl sites for hydroxylation is 1. The van der Waals surface area contributed by atoms with Crippen molar-refractivity contribution in [1.82, 2.24) is 14.9 Å². The predicted molar refractivity (Wildman–Crippen MR) is 108 cm³/mol. The van der Waals surface area contributed by atoms with Gasteiger partial charge in [0.25, 0.3) is 0 Å². The molecule has 26 heavy (non-hydrogen) atoms. The standard InChI is InChI=1S/C21H25N5/c1-3-16-8-10-17(11-9-16)22-21-23-19-7-5-4-6-18(19)20(24-21)26-14-12-25(2)13-15-26/h4-11H,3,12-15H2,1-2H3,(H,22,23,24). The van der Waals surface area contributed by atoms with Crippen LogP contribution in [0.25, 0.3) is 10.9 Å². The average molecular weight is 347 g/mol. The van der Waals surface area contributed by atoms with Crippen LogP contribution in [0.4, 0.5) is 17.5 Å². The van der Waals surface area contributed by atoms with Crippen LogP contribution in [0.15, 0.2) is 48.5 Å². The highest BCUT2D eigenvalue weighted by atomic mass is 15.3. The van der Waals surface area contributed by atoms with E-state index in [1.165, 1.54) is 5.56 Å². The number of hydrogen-bond acceptors (Lipinski definition) is 5. The molecular formula is C21H25N5. The quantitative estimate of drug-likeness (QED) is 0.780. The molecule has 4 rings (SSSR count). The topological polar surface area (TPSA) is 44.3 Å². The fraction of sp³-hybridized carbons (Fsp3) is 0.333. The number of rotatable bonds is 4. The molecule has 1 aliphatic rings. The normalized spacial score (nSPS) is 15.4. The lowest BCUT2D eigenvalue weighted by Gasteiger charge is -2.33. The first-order valence-corrected chi connectivity index (χ1v) is 9.29. The van der Waals surface area contributed by atoms with Crippen LogP contribution >= 0.6 is 0 Å². The van der Waals surface area contributed by atoms with Gasteiger partial charge in [-0.3, -0.25) is 0 Å². The van der Waals surface area contributed by atoms with E-state index in [-0.39, 0.29) is 0 Å². The Morgan fingerprint density at radius 1 is 0.923 bits per heavy atom. The van der Waals surface area contributed by atoms with E-state index >= 15 is 0 Å². The van der Waals surface area contributed by atoms with Crippen LogP contribution in [-0.2, 0) is 6.42 Å². The van der Waals surface area contributed by atoms with Gasteiger partial charge in [0.05, 0.1) is 5.52 Å². The maximum atomic E-state index is 4.87. The molecule has 0 atom stereocenters. The van der Waals surface area contributed by atoms with Crippen molar-refractivity contribution < 1.29 is 0 Å². The average Bonchev–Trinajstić information content (AvgIpc) is 2.69. The van der Waals surface area contributed by atoms with Gasteiger partial charge in [0.2, 0.25) is 5.95 Å². The number of benzene rings is 2. The Morgan fingerprint density at radius 3 is 2.38 bits per heavy atom. The van der Waals surface area contributed by atoms with Crippen molar-refractivity contribution in [2.75, 3.05) is 43.4 Å². The third kappa shape index (κ3) is 3.48. The second-order valence-electron chi connectivity index (χ2n) is 6.85. The van der Waals surface area contributed by atoms with Gasteiger partial charge in [-0.25, -0.2) is 4.98 Å². The number of nitrogens with one attached hydrogen (secondary N) is 1. The van der Waals surface area contributed by atoms with Crippen LogP contribution in [-0.4, -0.2) is 48.1 Å². The van der Waals surface area contributed by atoms with Crippen LogP contribution in [0.5, 0.6) is 0 Å². The molecule has 0 bridgehead atoms.